The van der Waals surface area contributed by atoms with Crippen molar-refractivity contribution in [1.82, 2.24) is 0 Å². The smallest absolute Gasteiger partial charge is 0.234 e. The zero-order chi connectivity index (χ0) is 15.2. The lowest BCUT2D eigenvalue weighted by atomic mass is 10.0. The summed E-state index contributed by atoms with van der Waals surface area (Å²) in [6, 6.07) is 16.3. The highest BCUT2D eigenvalue weighted by atomic mass is 32.2. The maximum absolute atomic E-state index is 11.9. The van der Waals surface area contributed by atoms with Gasteiger partial charge in [-0.05, 0) is 42.7 Å². The van der Waals surface area contributed by atoms with Gasteiger partial charge in [-0.15, -0.1) is 11.8 Å². The summed E-state index contributed by atoms with van der Waals surface area (Å²) in [6.45, 7) is 6.37. The van der Waals surface area contributed by atoms with Gasteiger partial charge in [0.25, 0.3) is 0 Å². The molecule has 2 aromatic rings. The van der Waals surface area contributed by atoms with Crippen LogP contribution in [0.2, 0.25) is 0 Å². The van der Waals surface area contributed by atoms with Crippen LogP contribution in [0.3, 0.4) is 0 Å². The van der Waals surface area contributed by atoms with Crippen LogP contribution in [0, 0.1) is 6.92 Å². The quantitative estimate of drug-likeness (QED) is 0.800. The van der Waals surface area contributed by atoms with Crippen molar-refractivity contribution < 1.29 is 4.79 Å². The van der Waals surface area contributed by atoms with Gasteiger partial charge in [-0.25, -0.2) is 0 Å². The summed E-state index contributed by atoms with van der Waals surface area (Å²) in [5.41, 5.74) is 3.37. The molecule has 0 saturated heterocycles. The highest BCUT2D eigenvalue weighted by molar-refractivity contribution is 8.00. The number of rotatable bonds is 5. The van der Waals surface area contributed by atoms with Crippen molar-refractivity contribution in [2.75, 3.05) is 11.1 Å². The summed E-state index contributed by atoms with van der Waals surface area (Å²) in [6.07, 6.45) is 0. The van der Waals surface area contributed by atoms with Crippen LogP contribution < -0.4 is 5.32 Å². The first-order chi connectivity index (χ1) is 10.0. The zero-order valence-corrected chi connectivity index (χ0v) is 13.5. The van der Waals surface area contributed by atoms with E-state index in [1.807, 2.05) is 24.3 Å². The van der Waals surface area contributed by atoms with Crippen LogP contribution in [0.25, 0.3) is 0 Å². The third kappa shape index (κ3) is 4.94. The molecule has 0 aromatic heterocycles. The second kappa shape index (κ2) is 7.32. The van der Waals surface area contributed by atoms with Crippen molar-refractivity contribution in [3.8, 4) is 0 Å². The first kappa shape index (κ1) is 15.6. The molecule has 0 aliphatic heterocycles. The van der Waals surface area contributed by atoms with Crippen molar-refractivity contribution in [3.63, 3.8) is 0 Å². The monoisotopic (exact) mass is 299 g/mol. The van der Waals surface area contributed by atoms with Crippen LogP contribution >= 0.6 is 11.8 Å². The van der Waals surface area contributed by atoms with Crippen LogP contribution in [0.5, 0.6) is 0 Å². The fourth-order valence-corrected chi connectivity index (χ4v) is 2.63. The number of carbonyl (C=O) groups is 1. The topological polar surface area (TPSA) is 29.1 Å². The Hall–Kier alpha value is -1.74. The number of amides is 1. The molecule has 2 rings (SSSR count). The van der Waals surface area contributed by atoms with Gasteiger partial charge in [0.2, 0.25) is 5.91 Å². The van der Waals surface area contributed by atoms with E-state index in [9.17, 15) is 4.79 Å². The van der Waals surface area contributed by atoms with Gasteiger partial charge in [-0.3, -0.25) is 4.79 Å². The van der Waals surface area contributed by atoms with Crippen molar-refractivity contribution in [3.05, 3.63) is 59.7 Å². The second-order valence-electron chi connectivity index (χ2n) is 5.43. The van der Waals surface area contributed by atoms with Crippen LogP contribution in [0.15, 0.2) is 53.4 Å². The molecule has 0 fully saturated rings. The molecule has 110 valence electrons. The van der Waals surface area contributed by atoms with Gasteiger partial charge < -0.3 is 5.32 Å². The summed E-state index contributed by atoms with van der Waals surface area (Å²) in [5, 5.41) is 2.93. The average Bonchev–Trinajstić information content (AvgIpc) is 2.47. The molecule has 0 aliphatic rings. The third-order valence-corrected chi connectivity index (χ3v) is 4.26. The van der Waals surface area contributed by atoms with Crippen molar-refractivity contribution in [2.45, 2.75) is 31.6 Å². The molecule has 0 bridgehead atoms. The third-order valence-electron chi connectivity index (χ3n) is 3.25. The molecule has 0 radical (unpaired) electrons. The molecule has 21 heavy (non-hydrogen) atoms. The molecule has 0 heterocycles. The minimum atomic E-state index is 0.0258. The Balaban J connectivity index is 1.85. The number of anilines is 1. The minimum absolute atomic E-state index is 0.0258. The predicted molar refractivity (Wildman–Crippen MR) is 91.1 cm³/mol. The Labute approximate surface area is 131 Å². The SMILES string of the molecule is Cc1ccc(SCC(=O)Nc2ccc(C(C)C)cc2)cc1. The largest absolute Gasteiger partial charge is 0.325 e. The van der Waals surface area contributed by atoms with Gasteiger partial charge >= 0.3 is 0 Å². The number of carbonyl (C=O) groups excluding carboxylic acids is 1. The van der Waals surface area contributed by atoms with Gasteiger partial charge in [0.1, 0.15) is 0 Å². The van der Waals surface area contributed by atoms with Crippen molar-refractivity contribution >= 4 is 23.4 Å². The Bertz CT molecular complexity index is 588. The summed E-state index contributed by atoms with van der Waals surface area (Å²) in [7, 11) is 0. The van der Waals surface area contributed by atoms with Crippen LogP contribution in [0.1, 0.15) is 30.9 Å². The maximum atomic E-state index is 11.9. The van der Waals surface area contributed by atoms with Crippen molar-refractivity contribution in [2.24, 2.45) is 0 Å². The molecule has 0 atom stereocenters. The first-order valence-electron chi connectivity index (χ1n) is 7.14. The Morgan fingerprint density at radius 3 is 2.24 bits per heavy atom. The fraction of sp³-hybridized carbons (Fsp3) is 0.278. The minimum Gasteiger partial charge on any atom is -0.325 e. The van der Waals surface area contributed by atoms with E-state index in [4.69, 9.17) is 0 Å². The molecule has 1 N–H and O–H groups in total. The Morgan fingerprint density at radius 1 is 1.05 bits per heavy atom. The van der Waals surface area contributed by atoms with Gasteiger partial charge in [0.15, 0.2) is 0 Å². The lowest BCUT2D eigenvalue weighted by molar-refractivity contribution is -0.113. The van der Waals surface area contributed by atoms with E-state index in [0.717, 1.165) is 10.6 Å². The summed E-state index contributed by atoms with van der Waals surface area (Å²) < 4.78 is 0. The summed E-state index contributed by atoms with van der Waals surface area (Å²) >= 11 is 1.55. The lowest BCUT2D eigenvalue weighted by Gasteiger charge is -2.08. The van der Waals surface area contributed by atoms with E-state index in [-0.39, 0.29) is 5.91 Å². The van der Waals surface area contributed by atoms with Crippen molar-refractivity contribution in [1.29, 1.82) is 0 Å². The molecule has 2 aromatic carbocycles. The van der Waals surface area contributed by atoms with Crippen LogP contribution in [-0.2, 0) is 4.79 Å². The first-order valence-corrected chi connectivity index (χ1v) is 8.12. The number of hydrogen-bond acceptors (Lipinski definition) is 2. The van der Waals surface area contributed by atoms with E-state index in [2.05, 4.69) is 50.4 Å². The van der Waals surface area contributed by atoms with Gasteiger partial charge in [-0.2, -0.15) is 0 Å². The Kier molecular flexibility index (Phi) is 5.45. The van der Waals surface area contributed by atoms with Crippen LogP contribution in [-0.4, -0.2) is 11.7 Å². The number of benzene rings is 2. The highest BCUT2D eigenvalue weighted by Gasteiger charge is 2.04. The number of hydrogen-bond donors (Lipinski definition) is 1. The fourth-order valence-electron chi connectivity index (χ4n) is 1.93. The zero-order valence-electron chi connectivity index (χ0n) is 12.7. The second-order valence-corrected chi connectivity index (χ2v) is 6.48. The molecule has 1 amide bonds. The predicted octanol–water partition coefficient (Wildman–Crippen LogP) is 4.85. The van der Waals surface area contributed by atoms with E-state index < -0.39 is 0 Å². The number of nitrogens with one attached hydrogen (secondary N) is 1. The number of aryl methyl sites for hydroxylation is 1. The van der Waals surface area contributed by atoms with E-state index in [1.165, 1.54) is 11.1 Å². The maximum Gasteiger partial charge on any atom is 0.234 e. The molecule has 2 nitrogen and oxygen atoms in total. The normalized spacial score (nSPS) is 10.7. The lowest BCUT2D eigenvalue weighted by Crippen LogP contribution is -2.13. The highest BCUT2D eigenvalue weighted by Crippen LogP contribution is 2.20. The summed E-state index contributed by atoms with van der Waals surface area (Å²) in [4.78, 5) is 13.1. The molecule has 0 spiro atoms. The standard InChI is InChI=1S/C18H21NOS/c1-13(2)15-6-8-16(9-7-15)19-18(20)12-21-17-10-4-14(3)5-11-17/h4-11,13H,12H2,1-3H3,(H,19,20). The molecule has 0 saturated carbocycles. The average molecular weight is 299 g/mol. The Morgan fingerprint density at radius 2 is 1.67 bits per heavy atom. The van der Waals surface area contributed by atoms with Gasteiger partial charge in [0, 0.05) is 10.6 Å². The van der Waals surface area contributed by atoms with Gasteiger partial charge in [-0.1, -0.05) is 43.7 Å². The van der Waals surface area contributed by atoms with Gasteiger partial charge in [0.05, 0.1) is 5.75 Å². The molecular weight excluding hydrogens is 278 g/mol. The molecule has 0 aliphatic carbocycles. The van der Waals surface area contributed by atoms with E-state index >= 15 is 0 Å². The van der Waals surface area contributed by atoms with E-state index in [0.29, 0.717) is 11.7 Å². The molecule has 0 unspecified atom stereocenters. The number of thioether (sulfide) groups is 1. The van der Waals surface area contributed by atoms with Crippen LogP contribution in [0.4, 0.5) is 5.69 Å². The van der Waals surface area contributed by atoms with E-state index in [1.54, 1.807) is 11.8 Å². The molecule has 3 heteroatoms. The molecular formula is C18H21NOS. The summed E-state index contributed by atoms with van der Waals surface area (Å²) in [5.74, 6) is 0.958.